The lowest BCUT2D eigenvalue weighted by Gasteiger charge is -2.12. The van der Waals surface area contributed by atoms with Crippen molar-refractivity contribution in [1.82, 2.24) is 4.90 Å². The summed E-state index contributed by atoms with van der Waals surface area (Å²) in [7, 11) is 3.48. The minimum atomic E-state index is 0.416. The number of nitrogens with zero attached hydrogens (tertiary/aromatic N) is 1. The first-order valence-electron chi connectivity index (χ1n) is 6.37. The van der Waals surface area contributed by atoms with Crippen LogP contribution in [0.3, 0.4) is 0 Å². The quantitative estimate of drug-likeness (QED) is 0.797. The van der Waals surface area contributed by atoms with Gasteiger partial charge in [0.15, 0.2) is 0 Å². The summed E-state index contributed by atoms with van der Waals surface area (Å²) in [5.74, 6) is 0.898. The highest BCUT2D eigenvalue weighted by Gasteiger charge is 2.20. The predicted octanol–water partition coefficient (Wildman–Crippen LogP) is 2.43. The zero-order valence-corrected chi connectivity index (χ0v) is 11.1. The Morgan fingerprint density at radius 2 is 2.06 bits per heavy atom. The van der Waals surface area contributed by atoms with Gasteiger partial charge in [-0.05, 0) is 24.1 Å². The first-order valence-corrected chi connectivity index (χ1v) is 6.37. The van der Waals surface area contributed by atoms with Crippen LogP contribution in [0.25, 0.3) is 6.08 Å². The third-order valence-corrected chi connectivity index (χ3v) is 3.35. The fourth-order valence-corrected chi connectivity index (χ4v) is 2.21. The molecule has 0 amide bonds. The predicted molar refractivity (Wildman–Crippen MR) is 73.9 cm³/mol. The molecule has 1 atom stereocenters. The van der Waals surface area contributed by atoms with Crippen molar-refractivity contribution in [3.63, 3.8) is 0 Å². The molecule has 0 radical (unpaired) electrons. The lowest BCUT2D eigenvalue weighted by Crippen LogP contribution is -2.22. The van der Waals surface area contributed by atoms with Crippen LogP contribution in [-0.2, 0) is 4.74 Å². The Morgan fingerprint density at radius 3 is 2.67 bits per heavy atom. The highest BCUT2D eigenvalue weighted by Crippen LogP contribution is 2.14. The molecule has 0 aliphatic carbocycles. The van der Waals surface area contributed by atoms with Crippen LogP contribution in [0.4, 0.5) is 0 Å². The second-order valence-corrected chi connectivity index (χ2v) is 4.58. The van der Waals surface area contributed by atoms with E-state index in [2.05, 4.69) is 29.2 Å². The number of hydrogen-bond donors (Lipinski definition) is 0. The van der Waals surface area contributed by atoms with E-state index in [0.717, 1.165) is 31.8 Å². The van der Waals surface area contributed by atoms with Gasteiger partial charge >= 0.3 is 0 Å². The second kappa shape index (κ2) is 6.57. The van der Waals surface area contributed by atoms with E-state index in [1.54, 1.807) is 14.2 Å². The van der Waals surface area contributed by atoms with Gasteiger partial charge in [-0.25, -0.2) is 0 Å². The average Bonchev–Trinajstić information content (AvgIpc) is 2.87. The van der Waals surface area contributed by atoms with Crippen molar-refractivity contribution in [3.8, 4) is 5.75 Å². The minimum absolute atomic E-state index is 0.416. The smallest absolute Gasteiger partial charge is 0.118 e. The summed E-state index contributed by atoms with van der Waals surface area (Å²) in [4.78, 5) is 2.41. The Balaban J connectivity index is 1.80. The first-order chi connectivity index (χ1) is 8.81. The Bertz CT molecular complexity index is 386. The molecule has 0 N–H and O–H groups in total. The normalized spacial score (nSPS) is 20.7. The van der Waals surface area contributed by atoms with E-state index in [-0.39, 0.29) is 0 Å². The molecule has 1 aromatic rings. The van der Waals surface area contributed by atoms with E-state index in [1.165, 1.54) is 5.56 Å². The van der Waals surface area contributed by atoms with Gasteiger partial charge in [-0.15, -0.1) is 0 Å². The number of benzene rings is 1. The lowest BCUT2D eigenvalue weighted by molar-refractivity contribution is 0.109. The molecule has 3 heteroatoms. The van der Waals surface area contributed by atoms with Gasteiger partial charge < -0.3 is 9.47 Å². The van der Waals surface area contributed by atoms with Crippen molar-refractivity contribution in [2.45, 2.75) is 12.5 Å². The molecular formula is C15H21NO2. The van der Waals surface area contributed by atoms with Gasteiger partial charge in [-0.1, -0.05) is 24.3 Å². The third kappa shape index (κ3) is 3.59. The van der Waals surface area contributed by atoms with E-state index in [1.807, 2.05) is 12.1 Å². The molecule has 1 saturated heterocycles. The van der Waals surface area contributed by atoms with E-state index < -0.39 is 0 Å². The molecule has 1 aromatic carbocycles. The first kappa shape index (κ1) is 13.1. The van der Waals surface area contributed by atoms with Gasteiger partial charge in [-0.2, -0.15) is 0 Å². The highest BCUT2D eigenvalue weighted by atomic mass is 16.5. The second-order valence-electron chi connectivity index (χ2n) is 4.58. The minimum Gasteiger partial charge on any atom is -0.497 e. The maximum Gasteiger partial charge on any atom is 0.118 e. The summed E-state index contributed by atoms with van der Waals surface area (Å²) in [6.45, 7) is 3.17. The molecule has 1 heterocycles. The van der Waals surface area contributed by atoms with Gasteiger partial charge in [-0.3, -0.25) is 4.90 Å². The molecule has 2 rings (SSSR count). The van der Waals surface area contributed by atoms with Gasteiger partial charge in [0, 0.05) is 26.7 Å². The van der Waals surface area contributed by atoms with E-state index in [9.17, 15) is 0 Å². The fraction of sp³-hybridized carbons (Fsp3) is 0.467. The molecule has 98 valence electrons. The molecule has 0 aromatic heterocycles. The SMILES string of the molecule is COc1ccc(/C=C/CN2CC[C@@H](OC)C2)cc1. The van der Waals surface area contributed by atoms with Gasteiger partial charge in [0.1, 0.15) is 5.75 Å². The van der Waals surface area contributed by atoms with Crippen molar-refractivity contribution in [2.75, 3.05) is 33.9 Å². The highest BCUT2D eigenvalue weighted by molar-refractivity contribution is 5.50. The Labute approximate surface area is 109 Å². The van der Waals surface area contributed by atoms with Crippen molar-refractivity contribution in [1.29, 1.82) is 0 Å². The van der Waals surface area contributed by atoms with Gasteiger partial charge in [0.25, 0.3) is 0 Å². The molecule has 18 heavy (non-hydrogen) atoms. The fourth-order valence-electron chi connectivity index (χ4n) is 2.21. The van der Waals surface area contributed by atoms with Crippen LogP contribution in [0.5, 0.6) is 5.75 Å². The van der Waals surface area contributed by atoms with Crippen LogP contribution < -0.4 is 4.74 Å². The van der Waals surface area contributed by atoms with Gasteiger partial charge in [0.2, 0.25) is 0 Å². The zero-order chi connectivity index (χ0) is 12.8. The molecule has 3 nitrogen and oxygen atoms in total. The molecule has 1 aliphatic rings. The van der Waals surface area contributed by atoms with E-state index in [4.69, 9.17) is 9.47 Å². The van der Waals surface area contributed by atoms with Crippen LogP contribution >= 0.6 is 0 Å². The van der Waals surface area contributed by atoms with Crippen LogP contribution in [0.2, 0.25) is 0 Å². The number of rotatable bonds is 5. The molecule has 1 aliphatic heterocycles. The maximum absolute atomic E-state index is 5.35. The summed E-state index contributed by atoms with van der Waals surface area (Å²) in [5.41, 5.74) is 1.21. The van der Waals surface area contributed by atoms with Crippen molar-refractivity contribution < 1.29 is 9.47 Å². The Kier molecular flexibility index (Phi) is 4.79. The Morgan fingerprint density at radius 1 is 1.28 bits per heavy atom. The third-order valence-electron chi connectivity index (χ3n) is 3.35. The standard InChI is InChI=1S/C15H21NO2/c1-17-14-7-5-13(6-8-14)4-3-10-16-11-9-15(12-16)18-2/h3-8,15H,9-12H2,1-2H3/b4-3+/t15-/m1/s1. The molecule has 0 bridgehead atoms. The number of methoxy groups -OCH3 is 2. The van der Waals surface area contributed by atoms with E-state index in [0.29, 0.717) is 6.10 Å². The van der Waals surface area contributed by atoms with Crippen LogP contribution in [-0.4, -0.2) is 44.9 Å². The largest absolute Gasteiger partial charge is 0.497 e. The molecule has 1 fully saturated rings. The summed E-state index contributed by atoms with van der Waals surface area (Å²) < 4.78 is 10.5. The summed E-state index contributed by atoms with van der Waals surface area (Å²) >= 11 is 0. The number of hydrogen-bond acceptors (Lipinski definition) is 3. The van der Waals surface area contributed by atoms with Crippen LogP contribution in [0, 0.1) is 0 Å². The number of ether oxygens (including phenoxy) is 2. The monoisotopic (exact) mass is 247 g/mol. The van der Waals surface area contributed by atoms with Crippen molar-refractivity contribution in [3.05, 3.63) is 35.9 Å². The molecular weight excluding hydrogens is 226 g/mol. The summed E-state index contributed by atoms with van der Waals surface area (Å²) in [5, 5.41) is 0. The molecule has 0 spiro atoms. The van der Waals surface area contributed by atoms with Gasteiger partial charge in [0.05, 0.1) is 13.2 Å². The van der Waals surface area contributed by atoms with E-state index >= 15 is 0 Å². The molecule has 0 saturated carbocycles. The lowest BCUT2D eigenvalue weighted by atomic mass is 10.2. The summed E-state index contributed by atoms with van der Waals surface area (Å²) in [6.07, 6.45) is 5.92. The maximum atomic E-state index is 5.35. The topological polar surface area (TPSA) is 21.7 Å². The number of likely N-dealkylation sites (tertiary alicyclic amines) is 1. The van der Waals surface area contributed by atoms with Crippen LogP contribution in [0.1, 0.15) is 12.0 Å². The van der Waals surface area contributed by atoms with Crippen LogP contribution in [0.15, 0.2) is 30.3 Å². The average molecular weight is 247 g/mol. The molecule has 0 unspecified atom stereocenters. The van der Waals surface area contributed by atoms with Crippen molar-refractivity contribution in [2.24, 2.45) is 0 Å². The van der Waals surface area contributed by atoms with Crippen molar-refractivity contribution >= 4 is 6.08 Å². The zero-order valence-electron chi connectivity index (χ0n) is 11.1. The Hall–Kier alpha value is -1.32. The summed E-state index contributed by atoms with van der Waals surface area (Å²) in [6, 6.07) is 8.10.